The van der Waals surface area contributed by atoms with Crippen LogP contribution in [-0.4, -0.2) is 0 Å². The Morgan fingerprint density at radius 2 is 1.73 bits per heavy atom. The van der Waals surface area contributed by atoms with Gasteiger partial charge in [-0.15, -0.1) is 0 Å². The van der Waals surface area contributed by atoms with Crippen molar-refractivity contribution < 1.29 is 8.68 Å². The lowest BCUT2D eigenvalue weighted by Gasteiger charge is -2.31. The van der Waals surface area contributed by atoms with Crippen molar-refractivity contribution in [2.75, 3.05) is 0 Å². The highest BCUT2D eigenvalue weighted by Crippen LogP contribution is 2.39. The predicted molar refractivity (Wildman–Crippen MR) is 114 cm³/mol. The zero-order valence-corrected chi connectivity index (χ0v) is 17.7. The van der Waals surface area contributed by atoms with Crippen molar-refractivity contribution in [1.29, 1.82) is 0 Å². The lowest BCUT2D eigenvalue weighted by Crippen LogP contribution is -2.35. The maximum atomic E-state index is 7.70. The fourth-order valence-corrected chi connectivity index (χ4v) is 4.10. The fraction of sp³-hybridized carbons (Fsp3) is 0.560. The minimum Gasteiger partial charge on any atom is -0.201 e. The molecule has 0 amide bonds. The lowest BCUT2D eigenvalue weighted by atomic mass is 9.73. The summed E-state index contributed by atoms with van der Waals surface area (Å²) in [7, 11) is 2.11. The lowest BCUT2D eigenvalue weighted by molar-refractivity contribution is -0.661. The van der Waals surface area contributed by atoms with Gasteiger partial charge in [-0.2, -0.15) is 0 Å². The van der Waals surface area contributed by atoms with E-state index < -0.39 is 6.85 Å². The van der Waals surface area contributed by atoms with E-state index in [4.69, 9.17) is 4.11 Å². The van der Waals surface area contributed by atoms with Gasteiger partial charge in [0, 0.05) is 21.3 Å². The molecule has 0 radical (unpaired) electrons. The van der Waals surface area contributed by atoms with Crippen LogP contribution in [0.3, 0.4) is 0 Å². The van der Waals surface area contributed by atoms with E-state index in [9.17, 15) is 0 Å². The summed E-state index contributed by atoms with van der Waals surface area (Å²) < 4.78 is 25.3. The Balaban J connectivity index is 2.75. The van der Waals surface area contributed by atoms with Gasteiger partial charge >= 0.3 is 0 Å². The quantitative estimate of drug-likeness (QED) is 0.482. The van der Waals surface area contributed by atoms with Crippen molar-refractivity contribution in [2.45, 2.75) is 85.4 Å². The van der Waals surface area contributed by atoms with Gasteiger partial charge in [0.2, 0.25) is 5.69 Å². The number of pyridine rings is 1. The molecule has 0 unspecified atom stereocenters. The van der Waals surface area contributed by atoms with E-state index in [1.54, 1.807) is 6.07 Å². The van der Waals surface area contributed by atoms with Crippen molar-refractivity contribution in [1.82, 2.24) is 0 Å². The van der Waals surface area contributed by atoms with Gasteiger partial charge in [-0.1, -0.05) is 52.3 Å². The highest BCUT2D eigenvalue weighted by Gasteiger charge is 2.31. The van der Waals surface area contributed by atoms with Crippen LogP contribution in [-0.2, 0) is 12.5 Å². The van der Waals surface area contributed by atoms with Crippen LogP contribution in [0.1, 0.15) is 92.6 Å². The van der Waals surface area contributed by atoms with Crippen LogP contribution in [0.15, 0.2) is 30.5 Å². The number of aryl methyl sites for hydroxylation is 3. The van der Waals surface area contributed by atoms with Crippen LogP contribution in [0.25, 0.3) is 11.3 Å². The first kappa shape index (κ1) is 16.5. The Morgan fingerprint density at radius 3 is 2.23 bits per heavy atom. The van der Waals surface area contributed by atoms with E-state index in [0.29, 0.717) is 11.5 Å². The molecular weight excluding hydrogens is 314 g/mol. The second-order valence-corrected chi connectivity index (χ2v) is 7.95. The molecule has 0 spiro atoms. The molecule has 1 nitrogen and oxygen atoms in total. The fourth-order valence-electron chi connectivity index (χ4n) is 4.10. The monoisotopic (exact) mass is 355 g/mol. The van der Waals surface area contributed by atoms with Gasteiger partial charge in [0.15, 0.2) is 6.20 Å². The molecule has 1 aromatic carbocycles. The second kappa shape index (κ2) is 8.37. The third-order valence-electron chi connectivity index (χ3n) is 6.44. The van der Waals surface area contributed by atoms with Crippen LogP contribution in [0.2, 0.25) is 0 Å². The molecule has 1 aromatic heterocycles. The normalized spacial score (nSPS) is 14.2. The number of hydrogen-bond donors (Lipinski definition) is 0. The van der Waals surface area contributed by atoms with Gasteiger partial charge in [-0.3, -0.25) is 0 Å². The summed E-state index contributed by atoms with van der Waals surface area (Å²) in [5, 5.41) is 0. The molecule has 0 saturated heterocycles. The Labute approximate surface area is 165 Å². The molecule has 0 aliphatic carbocycles. The summed E-state index contributed by atoms with van der Waals surface area (Å²) in [4.78, 5) is 0. The van der Waals surface area contributed by atoms with Gasteiger partial charge in [0.25, 0.3) is 0 Å². The molecule has 0 aliphatic rings. The summed E-state index contributed by atoms with van der Waals surface area (Å²) in [6.07, 6.45) is 6.79. The van der Waals surface area contributed by atoms with Gasteiger partial charge < -0.3 is 0 Å². The number of hydrogen-bond acceptors (Lipinski definition) is 0. The predicted octanol–water partition coefficient (Wildman–Crippen LogP) is 6.78. The third-order valence-corrected chi connectivity index (χ3v) is 6.44. The Kier molecular flexibility index (Phi) is 5.33. The van der Waals surface area contributed by atoms with E-state index in [-0.39, 0.29) is 5.41 Å². The van der Waals surface area contributed by atoms with E-state index in [2.05, 4.69) is 58.5 Å². The zero-order chi connectivity index (χ0) is 22.0. The number of aromatic nitrogens is 1. The number of rotatable bonds is 7. The van der Waals surface area contributed by atoms with Crippen LogP contribution in [0.4, 0.5) is 0 Å². The largest absolute Gasteiger partial charge is 0.212 e. The van der Waals surface area contributed by atoms with Crippen LogP contribution in [0, 0.1) is 13.8 Å². The molecule has 0 fully saturated rings. The van der Waals surface area contributed by atoms with Crippen LogP contribution in [0.5, 0.6) is 0 Å². The highest BCUT2D eigenvalue weighted by molar-refractivity contribution is 5.63. The molecule has 26 heavy (non-hydrogen) atoms. The minimum atomic E-state index is -2.07. The Hall–Kier alpha value is -1.63. The summed E-state index contributed by atoms with van der Waals surface area (Å²) in [5.41, 5.74) is 6.71. The molecule has 1 heterocycles. The molecule has 142 valence electrons. The Morgan fingerprint density at radius 1 is 1.08 bits per heavy atom. The van der Waals surface area contributed by atoms with Crippen molar-refractivity contribution >= 4 is 0 Å². The first-order valence-corrected chi connectivity index (χ1v) is 10.2. The molecule has 0 N–H and O–H groups in total. The third kappa shape index (κ3) is 3.87. The molecular formula is C25H38N+. The van der Waals surface area contributed by atoms with Gasteiger partial charge in [0.1, 0.15) is 7.05 Å². The van der Waals surface area contributed by atoms with E-state index in [0.717, 1.165) is 42.5 Å². The van der Waals surface area contributed by atoms with Gasteiger partial charge in [-0.05, 0) is 68.0 Å². The maximum absolute atomic E-state index is 7.70. The van der Waals surface area contributed by atoms with Crippen molar-refractivity contribution in [3.63, 3.8) is 0 Å². The molecule has 1 heteroatoms. The topological polar surface area (TPSA) is 3.88 Å². The first-order chi connectivity index (χ1) is 13.5. The van der Waals surface area contributed by atoms with Gasteiger partial charge in [-0.25, -0.2) is 4.57 Å². The first-order valence-electron chi connectivity index (χ1n) is 11.7. The average Bonchev–Trinajstić information content (AvgIpc) is 2.68. The molecule has 2 rings (SSSR count). The summed E-state index contributed by atoms with van der Waals surface area (Å²) in [6.45, 7) is 11.4. The van der Waals surface area contributed by atoms with Crippen molar-refractivity contribution in [3.8, 4) is 11.3 Å². The molecule has 0 saturated carbocycles. The molecule has 2 aromatic rings. The summed E-state index contributed by atoms with van der Waals surface area (Å²) in [5.74, 6) is 0.557. The molecule has 0 atom stereocenters. The molecule has 0 bridgehead atoms. The van der Waals surface area contributed by atoms with Crippen LogP contribution >= 0.6 is 0 Å². The summed E-state index contributed by atoms with van der Waals surface area (Å²) in [6, 6.07) is 7.92. The Bertz CT molecular complexity index is 844. The SMILES string of the molecule is [2H]C([2H])([2H])c1ccc(-c2cc(C(C)(CC)CC)c(C(CC)CC)c[n+]2C)c(C)c1. The second-order valence-electron chi connectivity index (χ2n) is 7.95. The number of benzene rings is 1. The standard InChI is InChI=1S/C25H38N/c1-9-20(10-2)22-17-26(8)24(16-23(22)25(7,11-3)12-4)21-14-13-18(5)15-19(21)6/h13-17,20H,9-12H2,1-8H3/q+1/i5D3. The summed E-state index contributed by atoms with van der Waals surface area (Å²) >= 11 is 0. The number of nitrogens with zero attached hydrogens (tertiary/aromatic N) is 1. The van der Waals surface area contributed by atoms with Crippen molar-refractivity contribution in [2.24, 2.45) is 7.05 Å². The molecule has 0 aliphatic heterocycles. The highest BCUT2D eigenvalue weighted by atomic mass is 14.9. The van der Waals surface area contributed by atoms with Crippen LogP contribution < -0.4 is 4.57 Å². The smallest absolute Gasteiger partial charge is 0.201 e. The van der Waals surface area contributed by atoms with E-state index in [1.165, 1.54) is 11.1 Å². The minimum absolute atomic E-state index is 0.132. The van der Waals surface area contributed by atoms with Crippen molar-refractivity contribution in [3.05, 3.63) is 52.7 Å². The zero-order valence-electron chi connectivity index (χ0n) is 20.7. The van der Waals surface area contributed by atoms with E-state index in [1.807, 2.05) is 19.1 Å². The van der Waals surface area contributed by atoms with E-state index >= 15 is 0 Å². The van der Waals surface area contributed by atoms with Gasteiger partial charge in [0.05, 0.1) is 0 Å². The maximum Gasteiger partial charge on any atom is 0.212 e. The average molecular weight is 356 g/mol.